The van der Waals surface area contributed by atoms with E-state index in [-0.39, 0.29) is 5.41 Å². The van der Waals surface area contributed by atoms with Crippen molar-refractivity contribution in [3.8, 4) is 0 Å². The Morgan fingerprint density at radius 2 is 1.95 bits per heavy atom. The van der Waals surface area contributed by atoms with E-state index in [2.05, 4.69) is 17.1 Å². The van der Waals surface area contributed by atoms with Crippen molar-refractivity contribution in [3.63, 3.8) is 0 Å². The summed E-state index contributed by atoms with van der Waals surface area (Å²) >= 11 is 0. The molecule has 0 saturated carbocycles. The summed E-state index contributed by atoms with van der Waals surface area (Å²) in [5.41, 5.74) is 0.198. The average molecular weight is 305 g/mol. The summed E-state index contributed by atoms with van der Waals surface area (Å²) in [4.78, 5) is 2.38. The van der Waals surface area contributed by atoms with Gasteiger partial charge in [0.05, 0.1) is 12.9 Å². The maximum Gasteiger partial charge on any atom is 0.211 e. The zero-order chi connectivity index (χ0) is 14.6. The van der Waals surface area contributed by atoms with Gasteiger partial charge >= 0.3 is 0 Å². The molecular weight excluding hydrogens is 278 g/mol. The van der Waals surface area contributed by atoms with Crippen LogP contribution in [-0.2, 0) is 14.8 Å². The maximum atomic E-state index is 11.5. The molecule has 1 N–H and O–H groups in total. The molecule has 0 bridgehead atoms. The molecule has 0 aromatic carbocycles. The Hall–Kier alpha value is -0.210. The first-order valence-corrected chi connectivity index (χ1v) is 9.26. The number of piperazine rings is 1. The molecule has 118 valence electrons. The molecule has 0 radical (unpaired) electrons. The SMILES string of the molecule is CCNCC1(CN2CCN(S(C)(=O)=O)CC2)CCOC1. The van der Waals surface area contributed by atoms with Crippen molar-refractivity contribution >= 4 is 10.0 Å². The number of sulfonamides is 1. The van der Waals surface area contributed by atoms with Gasteiger partial charge in [-0.25, -0.2) is 8.42 Å². The number of hydrogen-bond acceptors (Lipinski definition) is 5. The summed E-state index contributed by atoms with van der Waals surface area (Å²) in [5.74, 6) is 0. The molecular formula is C13H27N3O3S. The van der Waals surface area contributed by atoms with Crippen LogP contribution in [0.1, 0.15) is 13.3 Å². The Labute approximate surface area is 122 Å². The van der Waals surface area contributed by atoms with Gasteiger partial charge in [-0.05, 0) is 13.0 Å². The molecule has 2 saturated heterocycles. The molecule has 2 fully saturated rings. The maximum absolute atomic E-state index is 11.5. The first kappa shape index (κ1) is 16.2. The minimum Gasteiger partial charge on any atom is -0.381 e. The topological polar surface area (TPSA) is 61.9 Å². The number of nitrogens with zero attached hydrogens (tertiary/aromatic N) is 2. The van der Waals surface area contributed by atoms with Crippen LogP contribution in [0.3, 0.4) is 0 Å². The van der Waals surface area contributed by atoms with Gasteiger partial charge in [-0.2, -0.15) is 4.31 Å². The largest absolute Gasteiger partial charge is 0.381 e. The monoisotopic (exact) mass is 305 g/mol. The fourth-order valence-electron chi connectivity index (χ4n) is 3.05. The molecule has 2 aliphatic heterocycles. The van der Waals surface area contributed by atoms with Crippen molar-refractivity contribution in [1.82, 2.24) is 14.5 Å². The van der Waals surface area contributed by atoms with Gasteiger partial charge in [0.25, 0.3) is 0 Å². The van der Waals surface area contributed by atoms with Crippen molar-refractivity contribution < 1.29 is 13.2 Å². The number of hydrogen-bond donors (Lipinski definition) is 1. The Morgan fingerprint density at radius 3 is 2.45 bits per heavy atom. The Morgan fingerprint density at radius 1 is 1.25 bits per heavy atom. The molecule has 0 aromatic heterocycles. The van der Waals surface area contributed by atoms with Crippen LogP contribution in [0.5, 0.6) is 0 Å². The normalized spacial score (nSPS) is 29.9. The fourth-order valence-corrected chi connectivity index (χ4v) is 3.88. The molecule has 6 nitrogen and oxygen atoms in total. The third-order valence-electron chi connectivity index (χ3n) is 4.29. The van der Waals surface area contributed by atoms with E-state index in [9.17, 15) is 8.42 Å². The Balaban J connectivity index is 1.87. The average Bonchev–Trinajstić information content (AvgIpc) is 2.85. The number of nitrogens with one attached hydrogen (secondary N) is 1. The highest BCUT2D eigenvalue weighted by Crippen LogP contribution is 2.29. The van der Waals surface area contributed by atoms with E-state index in [1.807, 2.05) is 0 Å². The summed E-state index contributed by atoms with van der Waals surface area (Å²) < 4.78 is 30.2. The molecule has 20 heavy (non-hydrogen) atoms. The first-order chi connectivity index (χ1) is 9.45. The zero-order valence-electron chi connectivity index (χ0n) is 12.6. The van der Waals surface area contributed by atoms with Gasteiger partial charge < -0.3 is 15.0 Å². The molecule has 2 aliphatic rings. The minimum atomic E-state index is -3.04. The molecule has 7 heteroatoms. The van der Waals surface area contributed by atoms with Crippen LogP contribution >= 0.6 is 0 Å². The van der Waals surface area contributed by atoms with Gasteiger partial charge in [-0.15, -0.1) is 0 Å². The highest BCUT2D eigenvalue weighted by Gasteiger charge is 2.37. The molecule has 1 unspecified atom stereocenters. The summed E-state index contributed by atoms with van der Waals surface area (Å²) in [5, 5.41) is 3.44. The van der Waals surface area contributed by atoms with Crippen molar-refractivity contribution in [1.29, 1.82) is 0 Å². The predicted molar refractivity (Wildman–Crippen MR) is 79.3 cm³/mol. The van der Waals surface area contributed by atoms with E-state index >= 15 is 0 Å². The van der Waals surface area contributed by atoms with Crippen molar-refractivity contribution in [2.24, 2.45) is 5.41 Å². The molecule has 0 aliphatic carbocycles. The standard InChI is InChI=1S/C13H27N3O3S/c1-3-14-10-13(4-9-19-12-13)11-15-5-7-16(8-6-15)20(2,17)18/h14H,3-12H2,1-2H3. The summed E-state index contributed by atoms with van der Waals surface area (Å²) in [6.07, 6.45) is 2.38. The van der Waals surface area contributed by atoms with Crippen LogP contribution in [0.2, 0.25) is 0 Å². The van der Waals surface area contributed by atoms with Crippen LogP contribution in [-0.4, -0.2) is 82.9 Å². The third-order valence-corrected chi connectivity index (χ3v) is 5.60. The molecule has 0 aromatic rings. The second kappa shape index (κ2) is 6.70. The second-order valence-electron chi connectivity index (χ2n) is 6.02. The van der Waals surface area contributed by atoms with E-state index in [0.717, 1.165) is 52.4 Å². The third kappa shape index (κ3) is 4.14. The van der Waals surface area contributed by atoms with E-state index < -0.39 is 10.0 Å². The number of ether oxygens (including phenoxy) is 1. The minimum absolute atomic E-state index is 0.198. The lowest BCUT2D eigenvalue weighted by Crippen LogP contribution is -2.53. The van der Waals surface area contributed by atoms with Crippen molar-refractivity contribution in [2.75, 3.05) is 65.3 Å². The quantitative estimate of drug-likeness (QED) is 0.722. The lowest BCUT2D eigenvalue weighted by molar-refractivity contribution is 0.0901. The van der Waals surface area contributed by atoms with Crippen LogP contribution in [0, 0.1) is 5.41 Å². The zero-order valence-corrected chi connectivity index (χ0v) is 13.4. The molecule has 0 amide bonds. The lowest BCUT2D eigenvalue weighted by atomic mass is 9.86. The van der Waals surface area contributed by atoms with Gasteiger partial charge in [0.15, 0.2) is 0 Å². The number of rotatable bonds is 6. The highest BCUT2D eigenvalue weighted by atomic mass is 32.2. The summed E-state index contributed by atoms with van der Waals surface area (Å²) in [6, 6.07) is 0. The van der Waals surface area contributed by atoms with Gasteiger partial charge in [-0.1, -0.05) is 6.92 Å². The summed E-state index contributed by atoms with van der Waals surface area (Å²) in [6.45, 7) is 9.59. The van der Waals surface area contributed by atoms with Crippen molar-refractivity contribution in [3.05, 3.63) is 0 Å². The van der Waals surface area contributed by atoms with Crippen LogP contribution in [0.4, 0.5) is 0 Å². The molecule has 0 spiro atoms. The van der Waals surface area contributed by atoms with E-state index in [0.29, 0.717) is 13.1 Å². The highest BCUT2D eigenvalue weighted by molar-refractivity contribution is 7.88. The second-order valence-corrected chi connectivity index (χ2v) is 8.00. The first-order valence-electron chi connectivity index (χ1n) is 7.41. The van der Waals surface area contributed by atoms with Crippen LogP contribution in [0.15, 0.2) is 0 Å². The predicted octanol–water partition coefficient (Wildman–Crippen LogP) is -0.420. The van der Waals surface area contributed by atoms with Gasteiger partial charge in [0, 0.05) is 51.3 Å². The Bertz CT molecular complexity index is 399. The van der Waals surface area contributed by atoms with E-state index in [1.54, 1.807) is 4.31 Å². The molecule has 2 heterocycles. The molecule has 1 atom stereocenters. The Kier molecular flexibility index (Phi) is 5.42. The summed E-state index contributed by atoms with van der Waals surface area (Å²) in [7, 11) is -3.04. The van der Waals surface area contributed by atoms with E-state index in [1.165, 1.54) is 6.26 Å². The van der Waals surface area contributed by atoms with E-state index in [4.69, 9.17) is 4.74 Å². The van der Waals surface area contributed by atoms with Gasteiger partial charge in [0.1, 0.15) is 0 Å². The molecule has 2 rings (SSSR count). The van der Waals surface area contributed by atoms with Gasteiger partial charge in [0.2, 0.25) is 10.0 Å². The van der Waals surface area contributed by atoms with Crippen LogP contribution < -0.4 is 5.32 Å². The van der Waals surface area contributed by atoms with Crippen molar-refractivity contribution in [2.45, 2.75) is 13.3 Å². The lowest BCUT2D eigenvalue weighted by Gasteiger charge is -2.39. The fraction of sp³-hybridized carbons (Fsp3) is 1.00. The van der Waals surface area contributed by atoms with Gasteiger partial charge in [-0.3, -0.25) is 0 Å². The van der Waals surface area contributed by atoms with Crippen LogP contribution in [0.25, 0.3) is 0 Å². The smallest absolute Gasteiger partial charge is 0.211 e.